The second-order valence-electron chi connectivity index (χ2n) is 5.47. The Kier molecular flexibility index (Phi) is 6.48. The van der Waals surface area contributed by atoms with Crippen molar-refractivity contribution in [2.75, 3.05) is 30.4 Å². The van der Waals surface area contributed by atoms with Crippen molar-refractivity contribution in [3.8, 4) is 5.75 Å². The minimum absolute atomic E-state index is 0.0536. The topological polar surface area (TPSA) is 41.6 Å². The number of unbranched alkanes of at least 4 members (excludes halogenated alkanes) is 1. The summed E-state index contributed by atoms with van der Waals surface area (Å²) in [6, 6.07) is 17.4. The standard InChI is InChI=1S/C19H24N2O2/c1-3-4-13-23-18-12-8-9-16(14-18)20-19(22)15-21(2)17-10-6-5-7-11-17/h5-12,14H,3-4,13,15H2,1-2H3,(H,20,22). The Balaban J connectivity index is 1.88. The molecule has 0 unspecified atom stereocenters. The zero-order chi connectivity index (χ0) is 16.5. The molecule has 2 aromatic carbocycles. The van der Waals surface area contributed by atoms with Crippen LogP contribution in [0.5, 0.6) is 5.75 Å². The summed E-state index contributed by atoms with van der Waals surface area (Å²) in [6.07, 6.45) is 2.13. The van der Waals surface area contributed by atoms with Gasteiger partial charge in [-0.15, -0.1) is 0 Å². The maximum Gasteiger partial charge on any atom is 0.243 e. The lowest BCUT2D eigenvalue weighted by atomic mass is 10.3. The van der Waals surface area contributed by atoms with Crippen molar-refractivity contribution in [2.24, 2.45) is 0 Å². The third-order valence-corrected chi connectivity index (χ3v) is 3.46. The molecule has 0 heterocycles. The van der Waals surface area contributed by atoms with Gasteiger partial charge in [-0.25, -0.2) is 0 Å². The quantitative estimate of drug-likeness (QED) is 0.751. The zero-order valence-corrected chi connectivity index (χ0v) is 13.8. The van der Waals surface area contributed by atoms with E-state index >= 15 is 0 Å². The summed E-state index contributed by atoms with van der Waals surface area (Å²) < 4.78 is 5.66. The fourth-order valence-electron chi connectivity index (χ4n) is 2.19. The van der Waals surface area contributed by atoms with E-state index < -0.39 is 0 Å². The number of nitrogens with one attached hydrogen (secondary N) is 1. The number of nitrogens with zero attached hydrogens (tertiary/aromatic N) is 1. The van der Waals surface area contributed by atoms with Crippen molar-refractivity contribution in [3.05, 3.63) is 54.6 Å². The van der Waals surface area contributed by atoms with E-state index in [0.717, 1.165) is 30.0 Å². The van der Waals surface area contributed by atoms with Crippen LogP contribution in [0.25, 0.3) is 0 Å². The number of hydrogen-bond donors (Lipinski definition) is 1. The van der Waals surface area contributed by atoms with Crippen molar-refractivity contribution in [1.29, 1.82) is 0 Å². The van der Waals surface area contributed by atoms with E-state index in [2.05, 4.69) is 12.2 Å². The number of para-hydroxylation sites is 1. The van der Waals surface area contributed by atoms with Crippen LogP contribution < -0.4 is 15.0 Å². The van der Waals surface area contributed by atoms with Crippen LogP contribution in [0.4, 0.5) is 11.4 Å². The molecule has 0 aliphatic carbocycles. The summed E-state index contributed by atoms with van der Waals surface area (Å²) >= 11 is 0. The molecular weight excluding hydrogens is 288 g/mol. The smallest absolute Gasteiger partial charge is 0.243 e. The molecule has 1 N–H and O–H groups in total. The van der Waals surface area contributed by atoms with Crippen LogP contribution in [-0.2, 0) is 4.79 Å². The first-order valence-corrected chi connectivity index (χ1v) is 7.98. The maximum atomic E-state index is 12.2. The number of ether oxygens (including phenoxy) is 1. The summed E-state index contributed by atoms with van der Waals surface area (Å²) in [5, 5.41) is 2.91. The predicted octanol–water partition coefficient (Wildman–Crippen LogP) is 3.94. The minimum Gasteiger partial charge on any atom is -0.494 e. The summed E-state index contributed by atoms with van der Waals surface area (Å²) in [5.74, 6) is 0.731. The molecule has 0 aliphatic rings. The molecule has 0 radical (unpaired) electrons. The fraction of sp³-hybridized carbons (Fsp3) is 0.316. The molecule has 2 rings (SSSR count). The maximum absolute atomic E-state index is 12.2. The van der Waals surface area contributed by atoms with Crippen molar-refractivity contribution in [3.63, 3.8) is 0 Å². The number of likely N-dealkylation sites (N-methyl/N-ethyl adjacent to an activating group) is 1. The second kappa shape index (κ2) is 8.83. The van der Waals surface area contributed by atoms with E-state index in [-0.39, 0.29) is 5.91 Å². The van der Waals surface area contributed by atoms with Gasteiger partial charge in [0.1, 0.15) is 5.75 Å². The van der Waals surface area contributed by atoms with Crippen molar-refractivity contribution >= 4 is 17.3 Å². The van der Waals surface area contributed by atoms with E-state index in [1.807, 2.05) is 66.5 Å². The lowest BCUT2D eigenvalue weighted by molar-refractivity contribution is -0.114. The third-order valence-electron chi connectivity index (χ3n) is 3.46. The summed E-state index contributed by atoms with van der Waals surface area (Å²) in [4.78, 5) is 14.1. The molecule has 23 heavy (non-hydrogen) atoms. The number of rotatable bonds is 8. The average molecular weight is 312 g/mol. The molecule has 0 saturated heterocycles. The largest absolute Gasteiger partial charge is 0.494 e. The summed E-state index contributed by atoms with van der Waals surface area (Å²) in [6.45, 7) is 3.12. The SMILES string of the molecule is CCCCOc1cccc(NC(=O)CN(C)c2ccccc2)c1. The Labute approximate surface area is 138 Å². The molecule has 0 aliphatic heterocycles. The lowest BCUT2D eigenvalue weighted by Crippen LogP contribution is -2.29. The molecular formula is C19H24N2O2. The average Bonchev–Trinajstić information content (AvgIpc) is 2.56. The third kappa shape index (κ3) is 5.66. The van der Waals surface area contributed by atoms with Gasteiger partial charge in [-0.3, -0.25) is 4.79 Å². The minimum atomic E-state index is -0.0536. The van der Waals surface area contributed by atoms with Crippen molar-refractivity contribution in [1.82, 2.24) is 0 Å². The zero-order valence-electron chi connectivity index (χ0n) is 13.8. The van der Waals surface area contributed by atoms with E-state index in [1.54, 1.807) is 0 Å². The monoisotopic (exact) mass is 312 g/mol. The van der Waals surface area contributed by atoms with E-state index in [4.69, 9.17) is 4.74 Å². The number of hydrogen-bond acceptors (Lipinski definition) is 3. The molecule has 0 saturated carbocycles. The van der Waals surface area contributed by atoms with Gasteiger partial charge in [0.25, 0.3) is 0 Å². The van der Waals surface area contributed by atoms with Gasteiger partial charge in [0.05, 0.1) is 13.2 Å². The van der Waals surface area contributed by atoms with Crippen LogP contribution in [0.3, 0.4) is 0 Å². The Morgan fingerprint density at radius 1 is 1.13 bits per heavy atom. The van der Waals surface area contributed by atoms with Gasteiger partial charge in [-0.1, -0.05) is 37.6 Å². The first-order chi connectivity index (χ1) is 11.2. The predicted molar refractivity (Wildman–Crippen MR) is 95.2 cm³/mol. The molecule has 2 aromatic rings. The molecule has 0 atom stereocenters. The van der Waals surface area contributed by atoms with Crippen LogP contribution in [-0.4, -0.2) is 26.1 Å². The molecule has 122 valence electrons. The van der Waals surface area contributed by atoms with Gasteiger partial charge in [0.15, 0.2) is 0 Å². The number of carbonyl (C=O) groups is 1. The Bertz CT molecular complexity index is 614. The second-order valence-corrected chi connectivity index (χ2v) is 5.47. The molecule has 1 amide bonds. The number of amides is 1. The number of carbonyl (C=O) groups excluding carboxylic acids is 1. The van der Waals surface area contributed by atoms with Crippen molar-refractivity contribution in [2.45, 2.75) is 19.8 Å². The van der Waals surface area contributed by atoms with E-state index in [0.29, 0.717) is 13.2 Å². The van der Waals surface area contributed by atoms with Crippen LogP contribution in [0.1, 0.15) is 19.8 Å². The summed E-state index contributed by atoms with van der Waals surface area (Å²) in [5.41, 5.74) is 1.77. The number of benzene rings is 2. The van der Waals surface area contributed by atoms with Gasteiger partial charge in [-0.05, 0) is 30.7 Å². The van der Waals surface area contributed by atoms with E-state index in [1.165, 1.54) is 0 Å². The molecule has 4 nitrogen and oxygen atoms in total. The highest BCUT2D eigenvalue weighted by Gasteiger charge is 2.08. The van der Waals surface area contributed by atoms with Crippen LogP contribution in [0.15, 0.2) is 54.6 Å². The van der Waals surface area contributed by atoms with Gasteiger partial charge in [-0.2, -0.15) is 0 Å². The number of anilines is 2. The lowest BCUT2D eigenvalue weighted by Gasteiger charge is -2.18. The van der Waals surface area contributed by atoms with E-state index in [9.17, 15) is 4.79 Å². The first-order valence-electron chi connectivity index (χ1n) is 7.98. The molecule has 0 fully saturated rings. The van der Waals surface area contributed by atoms with Crippen LogP contribution >= 0.6 is 0 Å². The van der Waals surface area contributed by atoms with Crippen molar-refractivity contribution < 1.29 is 9.53 Å². The Hall–Kier alpha value is -2.49. The fourth-order valence-corrected chi connectivity index (χ4v) is 2.19. The van der Waals surface area contributed by atoms with Gasteiger partial charge in [0.2, 0.25) is 5.91 Å². The molecule has 0 bridgehead atoms. The molecule has 0 spiro atoms. The van der Waals surface area contributed by atoms with Gasteiger partial charge < -0.3 is 15.0 Å². The Morgan fingerprint density at radius 3 is 2.65 bits per heavy atom. The first kappa shape index (κ1) is 16.9. The normalized spacial score (nSPS) is 10.2. The summed E-state index contributed by atoms with van der Waals surface area (Å²) in [7, 11) is 1.90. The van der Waals surface area contributed by atoms with Gasteiger partial charge in [0, 0.05) is 24.5 Å². The highest BCUT2D eigenvalue weighted by atomic mass is 16.5. The van der Waals surface area contributed by atoms with Crippen LogP contribution in [0, 0.1) is 0 Å². The highest BCUT2D eigenvalue weighted by molar-refractivity contribution is 5.94. The molecule has 0 aromatic heterocycles. The Morgan fingerprint density at radius 2 is 1.91 bits per heavy atom. The molecule has 4 heteroatoms. The van der Waals surface area contributed by atoms with Gasteiger partial charge >= 0.3 is 0 Å². The highest BCUT2D eigenvalue weighted by Crippen LogP contribution is 2.18. The van der Waals surface area contributed by atoms with Crippen LogP contribution in [0.2, 0.25) is 0 Å².